The zero-order chi connectivity index (χ0) is 19.6. The first-order chi connectivity index (χ1) is 12.4. The maximum absolute atomic E-state index is 3.88. The third-order valence-corrected chi connectivity index (χ3v) is 5.49. The van der Waals surface area contributed by atoms with Crippen molar-refractivity contribution in [3.8, 4) is 0 Å². The molecule has 1 N–H and O–H groups in total. The first-order valence-electron chi connectivity index (χ1n) is 10.8. The van der Waals surface area contributed by atoms with E-state index in [1.807, 2.05) is 13.8 Å². The van der Waals surface area contributed by atoms with Gasteiger partial charge in [0.2, 0.25) is 0 Å². The summed E-state index contributed by atoms with van der Waals surface area (Å²) in [7, 11) is 0. The predicted octanol–water partition coefficient (Wildman–Crippen LogP) is 7.19. The predicted molar refractivity (Wildman–Crippen MR) is 118 cm³/mol. The second kappa shape index (κ2) is 11.6. The summed E-state index contributed by atoms with van der Waals surface area (Å²) in [4.78, 5) is 0. The Balaban J connectivity index is 0.00000163. The molecule has 1 aromatic rings. The van der Waals surface area contributed by atoms with Crippen LogP contribution in [0.4, 0.5) is 0 Å². The van der Waals surface area contributed by atoms with Crippen molar-refractivity contribution in [3.05, 3.63) is 47.0 Å². The fourth-order valence-electron chi connectivity index (χ4n) is 3.97. The van der Waals surface area contributed by atoms with Crippen molar-refractivity contribution in [3.63, 3.8) is 0 Å². The van der Waals surface area contributed by atoms with E-state index in [4.69, 9.17) is 0 Å². The van der Waals surface area contributed by atoms with Gasteiger partial charge in [0.1, 0.15) is 0 Å². The van der Waals surface area contributed by atoms with Crippen LogP contribution in [0.25, 0.3) is 0 Å². The van der Waals surface area contributed by atoms with E-state index in [0.29, 0.717) is 6.04 Å². The molecular formula is C25H43N. The highest BCUT2D eigenvalue weighted by Gasteiger charge is 2.25. The molecule has 1 aliphatic rings. The molecule has 1 atom stereocenters. The van der Waals surface area contributed by atoms with Gasteiger partial charge >= 0.3 is 0 Å². The molecule has 2 rings (SSSR count). The Hall–Kier alpha value is -1.08. The fourth-order valence-corrected chi connectivity index (χ4v) is 3.97. The molecule has 0 aliphatic heterocycles. The second-order valence-electron chi connectivity index (χ2n) is 8.72. The number of hydrogen-bond donors (Lipinski definition) is 1. The third kappa shape index (κ3) is 8.08. The molecule has 1 nitrogen and oxygen atoms in total. The largest absolute Gasteiger partial charge is 0.310 e. The zero-order valence-corrected chi connectivity index (χ0v) is 18.5. The van der Waals surface area contributed by atoms with Gasteiger partial charge in [0.25, 0.3) is 0 Å². The van der Waals surface area contributed by atoms with Gasteiger partial charge in [-0.15, -0.1) is 0 Å². The fraction of sp³-hybridized carbons (Fsp3) is 0.680. The Kier molecular flexibility index (Phi) is 10.2. The van der Waals surface area contributed by atoms with E-state index in [1.165, 1.54) is 55.3 Å². The van der Waals surface area contributed by atoms with Crippen molar-refractivity contribution >= 4 is 0 Å². The van der Waals surface area contributed by atoms with Gasteiger partial charge in [0.05, 0.1) is 0 Å². The molecule has 1 aromatic carbocycles. The molecule has 1 fully saturated rings. The highest BCUT2D eigenvalue weighted by Crippen LogP contribution is 2.30. The Morgan fingerprint density at radius 3 is 2.19 bits per heavy atom. The second-order valence-corrected chi connectivity index (χ2v) is 8.72. The van der Waals surface area contributed by atoms with Gasteiger partial charge in [-0.3, -0.25) is 0 Å². The van der Waals surface area contributed by atoms with Gasteiger partial charge in [-0.25, -0.2) is 0 Å². The third-order valence-electron chi connectivity index (χ3n) is 5.49. The van der Waals surface area contributed by atoms with Crippen molar-refractivity contribution in [1.29, 1.82) is 0 Å². The summed E-state index contributed by atoms with van der Waals surface area (Å²) in [6.07, 6.45) is 10.7. The molecule has 0 saturated heterocycles. The van der Waals surface area contributed by atoms with Crippen LogP contribution in [0, 0.1) is 12.8 Å². The summed E-state index contributed by atoms with van der Waals surface area (Å²) >= 11 is 0. The van der Waals surface area contributed by atoms with E-state index >= 15 is 0 Å². The van der Waals surface area contributed by atoms with E-state index in [9.17, 15) is 0 Å². The summed E-state index contributed by atoms with van der Waals surface area (Å²) in [5.41, 5.74) is 4.38. The van der Waals surface area contributed by atoms with Crippen molar-refractivity contribution < 1.29 is 0 Å². The van der Waals surface area contributed by atoms with Gasteiger partial charge in [0, 0.05) is 6.04 Å². The van der Waals surface area contributed by atoms with E-state index in [0.717, 1.165) is 12.3 Å². The lowest BCUT2D eigenvalue weighted by molar-refractivity contribution is 0.319. The highest BCUT2D eigenvalue weighted by molar-refractivity contribution is 5.28. The monoisotopic (exact) mass is 357 g/mol. The maximum Gasteiger partial charge on any atom is 0.0260 e. The molecule has 0 aromatic heterocycles. The Bertz CT molecular complexity index is 514. The summed E-state index contributed by atoms with van der Waals surface area (Å²) < 4.78 is 0. The lowest BCUT2D eigenvalue weighted by Crippen LogP contribution is -2.37. The smallest absolute Gasteiger partial charge is 0.0260 e. The maximum atomic E-state index is 3.88. The van der Waals surface area contributed by atoms with Crippen LogP contribution >= 0.6 is 0 Å². The van der Waals surface area contributed by atoms with Crippen molar-refractivity contribution in [2.24, 2.45) is 5.92 Å². The van der Waals surface area contributed by atoms with Crippen LogP contribution in [0.5, 0.6) is 0 Å². The molecule has 1 heteroatoms. The quantitative estimate of drug-likeness (QED) is 0.509. The molecule has 1 saturated carbocycles. The van der Waals surface area contributed by atoms with Gasteiger partial charge < -0.3 is 5.32 Å². The van der Waals surface area contributed by atoms with Crippen LogP contribution in [0.2, 0.25) is 0 Å². The highest BCUT2D eigenvalue weighted by atomic mass is 14.9. The van der Waals surface area contributed by atoms with Crippen LogP contribution in [0.15, 0.2) is 35.9 Å². The molecule has 0 amide bonds. The normalized spacial score (nSPS) is 16.4. The average molecular weight is 358 g/mol. The van der Waals surface area contributed by atoms with Crippen molar-refractivity contribution in [1.82, 2.24) is 5.32 Å². The molecule has 0 bridgehead atoms. The van der Waals surface area contributed by atoms with Crippen LogP contribution in [-0.2, 0) is 5.41 Å². The number of aryl methyl sites for hydroxylation is 1. The van der Waals surface area contributed by atoms with Crippen LogP contribution in [0.1, 0.15) is 91.2 Å². The first-order valence-corrected chi connectivity index (χ1v) is 10.8. The van der Waals surface area contributed by atoms with Crippen LogP contribution in [0.3, 0.4) is 0 Å². The number of nitrogens with one attached hydrogen (secondary N) is 1. The number of allylic oxidation sites excluding steroid dienone is 1. The Labute approximate surface area is 163 Å². The zero-order valence-electron chi connectivity index (χ0n) is 18.5. The Morgan fingerprint density at radius 2 is 1.65 bits per heavy atom. The van der Waals surface area contributed by atoms with E-state index in [1.54, 1.807) is 0 Å². The van der Waals surface area contributed by atoms with Crippen LogP contribution in [-0.4, -0.2) is 12.6 Å². The first kappa shape index (κ1) is 23.0. The van der Waals surface area contributed by atoms with E-state index < -0.39 is 0 Å². The lowest BCUT2D eigenvalue weighted by atomic mass is 9.78. The summed E-state index contributed by atoms with van der Waals surface area (Å²) in [6, 6.07) is 9.55. The van der Waals surface area contributed by atoms with Gasteiger partial charge in [-0.05, 0) is 63.5 Å². The van der Waals surface area contributed by atoms with Gasteiger partial charge in [0.15, 0.2) is 0 Å². The molecular weight excluding hydrogens is 314 g/mol. The number of benzene rings is 1. The molecule has 148 valence electrons. The van der Waals surface area contributed by atoms with Crippen molar-refractivity contribution in [2.75, 3.05) is 6.54 Å². The van der Waals surface area contributed by atoms with E-state index in [-0.39, 0.29) is 5.41 Å². The SMILES string of the molecule is CC.CC(C)=CC(CC(C)(C)c1ccc(C)cc1)NCC1CCCCC1. The van der Waals surface area contributed by atoms with Crippen molar-refractivity contribution in [2.45, 2.75) is 98.4 Å². The molecule has 0 radical (unpaired) electrons. The number of rotatable bonds is 7. The van der Waals surface area contributed by atoms with Gasteiger partial charge in [-0.1, -0.05) is 88.4 Å². The molecule has 1 unspecified atom stereocenters. The minimum absolute atomic E-state index is 0.184. The van der Waals surface area contributed by atoms with Gasteiger partial charge in [-0.2, -0.15) is 0 Å². The summed E-state index contributed by atoms with van der Waals surface area (Å²) in [5.74, 6) is 0.884. The van der Waals surface area contributed by atoms with E-state index in [2.05, 4.69) is 70.3 Å². The standard InChI is InChI=1S/C23H37N.C2H6/c1-18(2)15-22(24-17-20-9-7-6-8-10-20)16-23(4,5)21-13-11-19(3)12-14-21;1-2/h11-15,20,22,24H,6-10,16-17H2,1-5H3;1-2H3. The number of hydrogen-bond acceptors (Lipinski definition) is 1. The topological polar surface area (TPSA) is 12.0 Å². The summed E-state index contributed by atoms with van der Waals surface area (Å²) in [6.45, 7) is 16.5. The summed E-state index contributed by atoms with van der Waals surface area (Å²) in [5, 5.41) is 3.88. The Morgan fingerprint density at radius 1 is 1.08 bits per heavy atom. The molecule has 0 spiro atoms. The average Bonchev–Trinajstić information content (AvgIpc) is 2.62. The molecule has 26 heavy (non-hydrogen) atoms. The molecule has 0 heterocycles. The van der Waals surface area contributed by atoms with Crippen LogP contribution < -0.4 is 5.32 Å². The minimum Gasteiger partial charge on any atom is -0.310 e. The minimum atomic E-state index is 0.184. The molecule has 1 aliphatic carbocycles. The lowest BCUT2D eigenvalue weighted by Gasteiger charge is -2.31.